The molecule has 1 aliphatic heterocycles. The molecule has 1 heterocycles. The highest BCUT2D eigenvalue weighted by atomic mass is 32.2. The Morgan fingerprint density at radius 2 is 1.31 bits per heavy atom. The number of hydrogen-bond donors (Lipinski definition) is 0. The van der Waals surface area contributed by atoms with Crippen LogP contribution in [-0.4, -0.2) is 36.6 Å². The second-order valence-electron chi connectivity index (χ2n) is 8.18. The number of rotatable bonds is 7. The van der Waals surface area contributed by atoms with Crippen LogP contribution in [0.2, 0.25) is 0 Å². The van der Waals surface area contributed by atoms with Crippen molar-refractivity contribution in [3.05, 3.63) is 102 Å². The summed E-state index contributed by atoms with van der Waals surface area (Å²) in [7, 11) is -3.61. The first-order chi connectivity index (χ1) is 15.5. The van der Waals surface area contributed by atoms with Gasteiger partial charge in [-0.15, -0.1) is 0 Å². The summed E-state index contributed by atoms with van der Waals surface area (Å²) in [6, 6.07) is 28.3. The summed E-state index contributed by atoms with van der Waals surface area (Å²) in [5.41, 5.74) is 2.11. The Morgan fingerprint density at radius 3 is 1.84 bits per heavy atom. The zero-order chi connectivity index (χ0) is 22.4. The van der Waals surface area contributed by atoms with Crippen LogP contribution in [0, 0.1) is 5.92 Å². The maximum absolute atomic E-state index is 13.6. The molecule has 6 heteroatoms. The van der Waals surface area contributed by atoms with E-state index in [-0.39, 0.29) is 23.3 Å². The van der Waals surface area contributed by atoms with E-state index >= 15 is 0 Å². The number of carbonyl (C=O) groups is 1. The minimum atomic E-state index is -3.61. The summed E-state index contributed by atoms with van der Waals surface area (Å²) >= 11 is 0. The SMILES string of the molecule is O=C([C@H]1CCCN(S(=O)(=O)c2ccccc2)C1)N(Cc1ccccc1)Cc1ccccc1. The number of piperidine rings is 1. The van der Waals surface area contributed by atoms with Crippen molar-refractivity contribution in [2.24, 2.45) is 5.92 Å². The molecule has 166 valence electrons. The van der Waals surface area contributed by atoms with E-state index in [9.17, 15) is 13.2 Å². The topological polar surface area (TPSA) is 57.7 Å². The van der Waals surface area contributed by atoms with Gasteiger partial charge in [0.05, 0.1) is 10.8 Å². The second-order valence-corrected chi connectivity index (χ2v) is 10.1. The fourth-order valence-corrected chi connectivity index (χ4v) is 5.73. The molecule has 3 aromatic rings. The molecule has 1 aliphatic rings. The molecule has 0 aliphatic carbocycles. The van der Waals surface area contributed by atoms with Crippen LogP contribution in [-0.2, 0) is 27.9 Å². The standard InChI is InChI=1S/C26H28N2O3S/c29-26(24-15-10-18-28(21-24)32(30,31)25-16-8-3-9-17-25)27(19-22-11-4-1-5-12-22)20-23-13-6-2-7-14-23/h1-9,11-14,16-17,24H,10,15,18-21H2/t24-/m0/s1. The first-order valence-corrected chi connectivity index (χ1v) is 12.4. The Morgan fingerprint density at radius 1 is 0.812 bits per heavy atom. The third kappa shape index (κ3) is 5.26. The molecular weight excluding hydrogens is 420 g/mol. The Balaban J connectivity index is 1.54. The van der Waals surface area contributed by atoms with Crippen molar-refractivity contribution in [3.8, 4) is 0 Å². The van der Waals surface area contributed by atoms with Crippen molar-refractivity contribution >= 4 is 15.9 Å². The van der Waals surface area contributed by atoms with Gasteiger partial charge < -0.3 is 4.90 Å². The average molecular weight is 449 g/mol. The average Bonchev–Trinajstić information content (AvgIpc) is 2.85. The van der Waals surface area contributed by atoms with Gasteiger partial charge in [-0.3, -0.25) is 4.79 Å². The molecule has 0 spiro atoms. The van der Waals surface area contributed by atoms with Crippen LogP contribution < -0.4 is 0 Å². The van der Waals surface area contributed by atoms with Gasteiger partial charge in [-0.2, -0.15) is 4.31 Å². The van der Waals surface area contributed by atoms with Crippen molar-refractivity contribution in [3.63, 3.8) is 0 Å². The van der Waals surface area contributed by atoms with Crippen LogP contribution in [0.4, 0.5) is 0 Å². The highest BCUT2D eigenvalue weighted by Crippen LogP contribution is 2.26. The van der Waals surface area contributed by atoms with Crippen LogP contribution in [0.25, 0.3) is 0 Å². The van der Waals surface area contributed by atoms with Gasteiger partial charge in [0, 0.05) is 26.2 Å². The molecule has 0 radical (unpaired) electrons. The van der Waals surface area contributed by atoms with E-state index in [1.807, 2.05) is 65.6 Å². The maximum atomic E-state index is 13.6. The van der Waals surface area contributed by atoms with Crippen molar-refractivity contribution in [2.45, 2.75) is 30.8 Å². The highest BCUT2D eigenvalue weighted by molar-refractivity contribution is 7.89. The lowest BCUT2D eigenvalue weighted by molar-refractivity contribution is -0.138. The zero-order valence-electron chi connectivity index (χ0n) is 18.0. The quantitative estimate of drug-likeness (QED) is 0.541. The van der Waals surface area contributed by atoms with Crippen LogP contribution in [0.1, 0.15) is 24.0 Å². The fourth-order valence-electron chi connectivity index (χ4n) is 4.18. The van der Waals surface area contributed by atoms with Gasteiger partial charge in [0.25, 0.3) is 0 Å². The molecule has 32 heavy (non-hydrogen) atoms. The molecular formula is C26H28N2O3S. The Hall–Kier alpha value is -2.96. The fraction of sp³-hybridized carbons (Fsp3) is 0.269. The Bertz CT molecular complexity index is 1080. The van der Waals surface area contributed by atoms with Gasteiger partial charge >= 0.3 is 0 Å². The molecule has 3 aromatic carbocycles. The van der Waals surface area contributed by atoms with Crippen molar-refractivity contribution in [1.82, 2.24) is 9.21 Å². The summed E-state index contributed by atoms with van der Waals surface area (Å²) in [6.07, 6.45) is 1.37. The Kier molecular flexibility index (Phi) is 7.02. The first kappa shape index (κ1) is 22.2. The summed E-state index contributed by atoms with van der Waals surface area (Å²) in [5, 5.41) is 0. The monoisotopic (exact) mass is 448 g/mol. The summed E-state index contributed by atoms with van der Waals surface area (Å²) in [6.45, 7) is 1.65. The van der Waals surface area contributed by atoms with E-state index in [2.05, 4.69) is 0 Å². The second kappa shape index (κ2) is 10.1. The van der Waals surface area contributed by atoms with Crippen LogP contribution in [0.15, 0.2) is 95.9 Å². The smallest absolute Gasteiger partial charge is 0.243 e. The summed E-state index contributed by atoms with van der Waals surface area (Å²) < 4.78 is 27.7. The van der Waals surface area contributed by atoms with Gasteiger partial charge in [-0.25, -0.2) is 8.42 Å². The van der Waals surface area contributed by atoms with Crippen molar-refractivity contribution < 1.29 is 13.2 Å². The molecule has 0 saturated carbocycles. The van der Waals surface area contributed by atoms with E-state index < -0.39 is 10.0 Å². The number of nitrogens with zero attached hydrogens (tertiary/aromatic N) is 2. The van der Waals surface area contributed by atoms with Gasteiger partial charge in [0.2, 0.25) is 15.9 Å². The maximum Gasteiger partial charge on any atom is 0.243 e. The van der Waals surface area contributed by atoms with Gasteiger partial charge in [0.1, 0.15) is 0 Å². The number of amides is 1. The number of hydrogen-bond acceptors (Lipinski definition) is 3. The van der Waals surface area contributed by atoms with Gasteiger partial charge in [-0.1, -0.05) is 78.9 Å². The van der Waals surface area contributed by atoms with Crippen LogP contribution >= 0.6 is 0 Å². The van der Waals surface area contributed by atoms with Crippen molar-refractivity contribution in [2.75, 3.05) is 13.1 Å². The number of carbonyl (C=O) groups excluding carboxylic acids is 1. The summed E-state index contributed by atoms with van der Waals surface area (Å²) in [4.78, 5) is 15.8. The molecule has 1 saturated heterocycles. The van der Waals surface area contributed by atoms with Crippen molar-refractivity contribution in [1.29, 1.82) is 0 Å². The van der Waals surface area contributed by atoms with Gasteiger partial charge in [0.15, 0.2) is 0 Å². The number of sulfonamides is 1. The minimum Gasteiger partial charge on any atom is -0.334 e. The lowest BCUT2D eigenvalue weighted by Crippen LogP contribution is -2.46. The number of benzene rings is 3. The predicted octanol–water partition coefficient (Wildman–Crippen LogP) is 4.32. The molecule has 0 unspecified atom stereocenters. The van der Waals surface area contributed by atoms with Gasteiger partial charge in [-0.05, 0) is 36.1 Å². The lowest BCUT2D eigenvalue weighted by atomic mass is 9.97. The van der Waals surface area contributed by atoms with E-state index in [1.165, 1.54) is 4.31 Å². The molecule has 1 fully saturated rings. The zero-order valence-corrected chi connectivity index (χ0v) is 18.8. The van der Waals surface area contributed by atoms with E-state index in [0.717, 1.165) is 11.1 Å². The third-order valence-corrected chi connectivity index (χ3v) is 7.74. The van der Waals surface area contributed by atoms with Crippen LogP contribution in [0.3, 0.4) is 0 Å². The molecule has 1 amide bonds. The highest BCUT2D eigenvalue weighted by Gasteiger charge is 2.35. The minimum absolute atomic E-state index is 0.00525. The third-order valence-electron chi connectivity index (χ3n) is 5.86. The predicted molar refractivity (Wildman–Crippen MR) is 125 cm³/mol. The normalized spacial score (nSPS) is 17.1. The first-order valence-electron chi connectivity index (χ1n) is 11.0. The molecule has 4 rings (SSSR count). The van der Waals surface area contributed by atoms with E-state index in [0.29, 0.717) is 32.5 Å². The largest absolute Gasteiger partial charge is 0.334 e. The van der Waals surface area contributed by atoms with Crippen LogP contribution in [0.5, 0.6) is 0 Å². The molecule has 5 nitrogen and oxygen atoms in total. The Labute approximate surface area is 190 Å². The van der Waals surface area contributed by atoms with E-state index in [4.69, 9.17) is 0 Å². The summed E-state index contributed by atoms with van der Waals surface area (Å²) in [5.74, 6) is -0.347. The molecule has 0 bridgehead atoms. The molecule has 0 aromatic heterocycles. The van der Waals surface area contributed by atoms with E-state index in [1.54, 1.807) is 30.3 Å². The molecule has 0 N–H and O–H groups in total. The lowest BCUT2D eigenvalue weighted by Gasteiger charge is -2.34. The molecule has 1 atom stereocenters.